The number of rotatable bonds is 20. The number of halogens is 1. The van der Waals surface area contributed by atoms with Crippen molar-refractivity contribution < 1.29 is 41.4 Å². The van der Waals surface area contributed by atoms with Gasteiger partial charge in [-0.3, -0.25) is 9.59 Å². The number of esters is 2. The number of ether oxygens (including phenoxy) is 3. The molecule has 11 nitrogen and oxygen atoms in total. The molecule has 0 heterocycles. The second-order valence-electron chi connectivity index (χ2n) is 11.4. The van der Waals surface area contributed by atoms with Crippen molar-refractivity contribution in [3.05, 3.63) is 126 Å². The number of carbonyl (C=O) groups excluding carboxylic acids is 3. The maximum absolute atomic E-state index is 14.6. The van der Waals surface area contributed by atoms with Crippen molar-refractivity contribution in [2.45, 2.75) is 56.5 Å². The van der Waals surface area contributed by atoms with Crippen LogP contribution in [-0.2, 0) is 53.3 Å². The van der Waals surface area contributed by atoms with Crippen molar-refractivity contribution >= 4 is 33.6 Å². The van der Waals surface area contributed by atoms with Crippen molar-refractivity contribution in [2.75, 3.05) is 25.0 Å². The summed E-state index contributed by atoms with van der Waals surface area (Å²) in [5.74, 6) is -2.53. The Kier molecular flexibility index (Phi) is 15.0. The lowest BCUT2D eigenvalue weighted by Crippen LogP contribution is -2.48. The number of sulfonamides is 1. The van der Waals surface area contributed by atoms with E-state index in [0.29, 0.717) is 18.5 Å². The van der Waals surface area contributed by atoms with E-state index in [0.717, 1.165) is 18.4 Å². The summed E-state index contributed by atoms with van der Waals surface area (Å²) in [5, 5.41) is 5.69. The topological polar surface area (TPSA) is 149 Å². The molecule has 2 atom stereocenters. The molecule has 3 N–H and O–H groups in total. The van der Waals surface area contributed by atoms with Crippen LogP contribution in [0.5, 0.6) is 5.75 Å². The van der Waals surface area contributed by atoms with Gasteiger partial charge in [-0.1, -0.05) is 84.9 Å². The molecule has 13 heteroatoms. The number of alkyl halides is 1. The molecule has 4 aromatic rings. The zero-order chi connectivity index (χ0) is 36.5. The smallest absolute Gasteiger partial charge is 0.381 e. The van der Waals surface area contributed by atoms with Crippen LogP contribution in [-0.4, -0.2) is 58.4 Å². The molecule has 0 aromatic heterocycles. The summed E-state index contributed by atoms with van der Waals surface area (Å²) in [6.07, 6.45) is -0.257. The standard InChI is InChI=1S/C38H42FN3O8S/c1-2-48-38(45)36(39)50-34-22-21-30(24-32(34)41-26-35(43)49-27-29-17-8-4-9-18-29)25-33(42-51(46,47)31-19-10-5-11-20-31)37(44)40-23-13-12-16-28-14-6-3-7-15-28/h3-11,14-15,17-22,24,33,36,41-42H,2,12-13,16,23,25-27H2,1H3,(H,40,44)/t33-,36?/m0/s1. The fourth-order valence-corrected chi connectivity index (χ4v) is 6.20. The molecule has 0 radical (unpaired) electrons. The van der Waals surface area contributed by atoms with Gasteiger partial charge in [-0.25, -0.2) is 13.2 Å². The van der Waals surface area contributed by atoms with Crippen LogP contribution < -0.4 is 20.1 Å². The number of unbranched alkanes of at least 4 members (excludes halogenated alkanes) is 1. The predicted octanol–water partition coefficient (Wildman–Crippen LogP) is 5.11. The summed E-state index contributed by atoms with van der Waals surface area (Å²) < 4.78 is 59.0. The highest BCUT2D eigenvalue weighted by atomic mass is 32.2. The Balaban J connectivity index is 1.50. The zero-order valence-electron chi connectivity index (χ0n) is 28.3. The Labute approximate surface area is 297 Å². The first-order valence-corrected chi connectivity index (χ1v) is 18.1. The van der Waals surface area contributed by atoms with Crippen LogP contribution >= 0.6 is 0 Å². The van der Waals surface area contributed by atoms with E-state index >= 15 is 0 Å². The first kappa shape index (κ1) is 38.5. The Hall–Kier alpha value is -5.27. The fraction of sp³-hybridized carbons (Fsp3) is 0.289. The number of amides is 1. The number of hydrogen-bond acceptors (Lipinski definition) is 9. The zero-order valence-corrected chi connectivity index (χ0v) is 29.1. The van der Waals surface area contributed by atoms with Gasteiger partial charge in [0.2, 0.25) is 15.9 Å². The largest absolute Gasteiger partial charge is 0.461 e. The average Bonchev–Trinajstić information content (AvgIpc) is 3.14. The molecule has 0 spiro atoms. The van der Waals surface area contributed by atoms with Gasteiger partial charge in [0.25, 0.3) is 0 Å². The monoisotopic (exact) mass is 719 g/mol. The van der Waals surface area contributed by atoms with Gasteiger partial charge in [-0.05, 0) is 73.6 Å². The first-order valence-electron chi connectivity index (χ1n) is 16.6. The van der Waals surface area contributed by atoms with E-state index in [1.54, 1.807) is 30.3 Å². The lowest BCUT2D eigenvalue weighted by atomic mass is 10.0. The number of carbonyl (C=O) groups is 3. The van der Waals surface area contributed by atoms with E-state index < -0.39 is 40.3 Å². The normalized spacial score (nSPS) is 12.3. The van der Waals surface area contributed by atoms with Crippen LogP contribution in [0.15, 0.2) is 114 Å². The summed E-state index contributed by atoms with van der Waals surface area (Å²) in [7, 11) is -4.11. The molecular weight excluding hydrogens is 677 g/mol. The second-order valence-corrected chi connectivity index (χ2v) is 13.2. The predicted molar refractivity (Wildman–Crippen MR) is 190 cm³/mol. The number of hydrogen-bond donors (Lipinski definition) is 3. The number of anilines is 1. The number of aryl methyl sites for hydroxylation is 1. The van der Waals surface area contributed by atoms with E-state index in [-0.39, 0.29) is 42.5 Å². The van der Waals surface area contributed by atoms with Gasteiger partial charge in [-0.2, -0.15) is 9.11 Å². The Morgan fingerprint density at radius 3 is 2.10 bits per heavy atom. The minimum atomic E-state index is -4.11. The molecule has 0 fully saturated rings. The Morgan fingerprint density at radius 2 is 1.43 bits per heavy atom. The Bertz CT molecular complexity index is 1810. The van der Waals surface area contributed by atoms with Crippen LogP contribution in [0.2, 0.25) is 0 Å². The molecule has 0 saturated carbocycles. The summed E-state index contributed by atoms with van der Waals surface area (Å²) in [6, 6.07) is 29.8. The number of benzene rings is 4. The summed E-state index contributed by atoms with van der Waals surface area (Å²) in [4.78, 5) is 38.0. The molecule has 0 aliphatic rings. The van der Waals surface area contributed by atoms with Crippen LogP contribution in [0.4, 0.5) is 10.1 Å². The van der Waals surface area contributed by atoms with Gasteiger partial charge < -0.3 is 24.8 Å². The summed E-state index contributed by atoms with van der Waals surface area (Å²) >= 11 is 0. The third-order valence-corrected chi connectivity index (χ3v) is 9.04. The summed E-state index contributed by atoms with van der Waals surface area (Å²) in [5.41, 5.74) is 2.50. The molecule has 1 amide bonds. The minimum absolute atomic E-state index is 0.0151. The third kappa shape index (κ3) is 12.8. The van der Waals surface area contributed by atoms with Crippen molar-refractivity contribution in [2.24, 2.45) is 0 Å². The molecule has 270 valence electrons. The molecule has 1 unspecified atom stereocenters. The molecule has 51 heavy (non-hydrogen) atoms. The van der Waals surface area contributed by atoms with Crippen LogP contribution in [0.25, 0.3) is 0 Å². The molecular formula is C38H42FN3O8S. The molecule has 4 aromatic carbocycles. The third-order valence-electron chi connectivity index (χ3n) is 7.55. The lowest BCUT2D eigenvalue weighted by Gasteiger charge is -2.20. The van der Waals surface area contributed by atoms with Crippen molar-refractivity contribution in [3.63, 3.8) is 0 Å². The summed E-state index contributed by atoms with van der Waals surface area (Å²) in [6.45, 7) is 1.47. The fourth-order valence-electron chi connectivity index (χ4n) is 4.98. The second kappa shape index (κ2) is 19.8. The minimum Gasteiger partial charge on any atom is -0.461 e. The van der Waals surface area contributed by atoms with Crippen molar-refractivity contribution in [1.82, 2.24) is 10.0 Å². The Morgan fingerprint density at radius 1 is 0.784 bits per heavy atom. The molecule has 4 rings (SSSR count). The SMILES string of the molecule is CCOC(=O)C(F)Oc1ccc(C[C@H](NS(=O)(=O)c2ccccc2)C(=O)NCCCCc2ccccc2)cc1NCC(=O)OCc1ccccc1. The van der Waals surface area contributed by atoms with Crippen LogP contribution in [0, 0.1) is 0 Å². The molecule has 0 bridgehead atoms. The van der Waals surface area contributed by atoms with Crippen LogP contribution in [0.1, 0.15) is 36.5 Å². The van der Waals surface area contributed by atoms with Gasteiger partial charge in [0.1, 0.15) is 24.9 Å². The maximum Gasteiger partial charge on any atom is 0.381 e. The first-order chi connectivity index (χ1) is 24.6. The van der Waals surface area contributed by atoms with E-state index in [1.165, 1.54) is 42.8 Å². The maximum atomic E-state index is 14.6. The van der Waals surface area contributed by atoms with Gasteiger partial charge in [0, 0.05) is 6.54 Å². The van der Waals surface area contributed by atoms with E-state index in [2.05, 4.69) is 15.4 Å². The highest BCUT2D eigenvalue weighted by Crippen LogP contribution is 2.28. The van der Waals surface area contributed by atoms with E-state index in [4.69, 9.17) is 14.2 Å². The quantitative estimate of drug-likeness (QED) is 0.0838. The highest BCUT2D eigenvalue weighted by molar-refractivity contribution is 7.89. The molecule has 0 aliphatic heterocycles. The van der Waals surface area contributed by atoms with Crippen molar-refractivity contribution in [1.29, 1.82) is 0 Å². The molecule has 0 aliphatic carbocycles. The number of nitrogens with one attached hydrogen (secondary N) is 3. The van der Waals surface area contributed by atoms with Gasteiger partial charge in [-0.15, -0.1) is 0 Å². The highest BCUT2D eigenvalue weighted by Gasteiger charge is 2.27. The van der Waals surface area contributed by atoms with Crippen LogP contribution in [0.3, 0.4) is 0 Å². The van der Waals surface area contributed by atoms with E-state index in [9.17, 15) is 27.2 Å². The van der Waals surface area contributed by atoms with Gasteiger partial charge in [0.15, 0.2) is 0 Å². The lowest BCUT2D eigenvalue weighted by molar-refractivity contribution is -0.159. The van der Waals surface area contributed by atoms with Gasteiger partial charge >= 0.3 is 18.3 Å². The molecule has 0 saturated heterocycles. The van der Waals surface area contributed by atoms with E-state index in [1.807, 2.05) is 48.5 Å². The van der Waals surface area contributed by atoms with Gasteiger partial charge in [0.05, 0.1) is 17.2 Å². The van der Waals surface area contributed by atoms with Crippen molar-refractivity contribution in [3.8, 4) is 5.75 Å². The average molecular weight is 720 g/mol.